The van der Waals surface area contributed by atoms with Gasteiger partial charge in [0.05, 0.1) is 30.7 Å². The minimum atomic E-state index is -5.67. The van der Waals surface area contributed by atoms with Crippen LogP contribution in [-0.2, 0) is 33.9 Å². The molecule has 11 heteroatoms. The average molecular weight is 342 g/mol. The highest BCUT2D eigenvalue weighted by Gasteiger charge is 2.62. The van der Waals surface area contributed by atoms with Gasteiger partial charge in [-0.15, -0.1) is 0 Å². The van der Waals surface area contributed by atoms with Crippen LogP contribution in [0.15, 0.2) is 0 Å². The first-order valence-corrected chi connectivity index (χ1v) is 7.89. The summed E-state index contributed by atoms with van der Waals surface area (Å²) in [6.45, 7) is -1.59. The smallest absolute Gasteiger partial charge is 0.402 e. The van der Waals surface area contributed by atoms with Crippen molar-refractivity contribution in [2.24, 2.45) is 17.8 Å². The van der Waals surface area contributed by atoms with Crippen LogP contribution in [-0.4, -0.2) is 55.6 Å². The molecule has 5 unspecified atom stereocenters. The fraction of sp³-hybridized carbons (Fsp3) is 0.818. The predicted molar refractivity (Wildman–Crippen MR) is 62.2 cm³/mol. The summed E-state index contributed by atoms with van der Waals surface area (Å²) < 4.78 is 69.9. The number of carbonyl (C=O) groups excluding carboxylic acids is 2. The highest BCUT2D eigenvalue weighted by atomic mass is 32.2. The van der Waals surface area contributed by atoms with E-state index in [0.717, 1.165) is 0 Å². The van der Waals surface area contributed by atoms with E-state index in [9.17, 15) is 26.8 Å². The molecule has 0 aromatic heterocycles. The molecule has 0 aromatic rings. The van der Waals surface area contributed by atoms with Crippen LogP contribution in [0.1, 0.15) is 6.42 Å². The first kappa shape index (κ1) is 15.6. The van der Waals surface area contributed by atoms with Crippen LogP contribution >= 0.6 is 0 Å². The number of fused-ring (bicyclic) bond motifs is 5. The summed E-state index contributed by atoms with van der Waals surface area (Å²) in [5.41, 5.74) is 0. The Balaban J connectivity index is 1.64. The molecular formula is C11H12F2O8S. The second-order valence-corrected chi connectivity index (χ2v) is 7.07. The average Bonchev–Trinajstić information content (AvgIpc) is 3.07. The lowest BCUT2D eigenvalue weighted by Crippen LogP contribution is -2.41. The maximum Gasteiger partial charge on any atom is 0.402 e. The minimum Gasteiger partial charge on any atom is -0.465 e. The van der Waals surface area contributed by atoms with Crippen LogP contribution in [0, 0.1) is 17.8 Å². The maximum absolute atomic E-state index is 13.0. The maximum atomic E-state index is 13.0. The topological polar surface area (TPSA) is 116 Å². The van der Waals surface area contributed by atoms with E-state index < -0.39 is 51.9 Å². The lowest BCUT2D eigenvalue weighted by molar-refractivity contribution is -0.158. The van der Waals surface area contributed by atoms with Gasteiger partial charge in [-0.2, -0.15) is 17.2 Å². The summed E-state index contributed by atoms with van der Waals surface area (Å²) in [7, 11) is -5.67. The molecule has 0 aromatic carbocycles. The molecule has 3 rings (SSSR count). The zero-order chi connectivity index (χ0) is 16.3. The molecule has 0 spiro atoms. The van der Waals surface area contributed by atoms with Gasteiger partial charge in [-0.25, -0.2) is 0 Å². The van der Waals surface area contributed by atoms with Crippen molar-refractivity contribution in [1.29, 1.82) is 0 Å². The Labute approximate surface area is 123 Å². The standard InChI is InChI=1S/C11H12F2O8S/c12-11(13,22(16,17)18)3-20-9(14)4-1-6-5-2-19-10(15)7(5)8(4)21-6/h4-8H,1-3H2,(H,16,17,18). The SMILES string of the molecule is O=C(OCC(F)(F)S(=O)(=O)O)C1CC2OC1C1C(=O)OCC21. The van der Waals surface area contributed by atoms with Gasteiger partial charge >= 0.3 is 27.3 Å². The van der Waals surface area contributed by atoms with Crippen molar-refractivity contribution in [3.8, 4) is 0 Å². The van der Waals surface area contributed by atoms with E-state index >= 15 is 0 Å². The van der Waals surface area contributed by atoms with E-state index in [1.807, 2.05) is 0 Å². The molecule has 0 saturated carbocycles. The first-order chi connectivity index (χ1) is 10.1. The lowest BCUT2D eigenvalue weighted by Gasteiger charge is -2.24. The van der Waals surface area contributed by atoms with Crippen LogP contribution < -0.4 is 0 Å². The Kier molecular flexibility index (Phi) is 3.42. The molecule has 22 heavy (non-hydrogen) atoms. The predicted octanol–water partition coefficient (Wildman–Crippen LogP) is -0.413. The molecule has 1 N–H and O–H groups in total. The first-order valence-electron chi connectivity index (χ1n) is 6.45. The molecule has 3 fully saturated rings. The summed E-state index contributed by atoms with van der Waals surface area (Å²) >= 11 is 0. The summed E-state index contributed by atoms with van der Waals surface area (Å²) in [5, 5.41) is -4.59. The Bertz CT molecular complexity index is 618. The molecule has 3 saturated heterocycles. The third-order valence-corrected chi connectivity index (χ3v) is 5.13. The van der Waals surface area contributed by atoms with Crippen LogP contribution in [0.3, 0.4) is 0 Å². The summed E-state index contributed by atoms with van der Waals surface area (Å²) in [6.07, 6.45) is -1.00. The lowest BCUT2D eigenvalue weighted by atomic mass is 9.75. The third-order valence-electron chi connectivity index (χ3n) is 4.26. The monoisotopic (exact) mass is 342 g/mol. The van der Waals surface area contributed by atoms with E-state index in [1.54, 1.807) is 0 Å². The van der Waals surface area contributed by atoms with Crippen molar-refractivity contribution in [3.05, 3.63) is 0 Å². The summed E-state index contributed by atoms with van der Waals surface area (Å²) in [5.74, 6) is -3.31. The Morgan fingerprint density at radius 2 is 2.14 bits per heavy atom. The fourth-order valence-electron chi connectivity index (χ4n) is 3.18. The number of esters is 2. The molecule has 3 aliphatic heterocycles. The van der Waals surface area contributed by atoms with Gasteiger partial charge in [0.25, 0.3) is 0 Å². The fourth-order valence-corrected chi connectivity index (χ4v) is 3.39. The molecule has 8 nitrogen and oxygen atoms in total. The van der Waals surface area contributed by atoms with Crippen molar-refractivity contribution in [2.45, 2.75) is 23.9 Å². The Morgan fingerprint density at radius 1 is 1.45 bits per heavy atom. The van der Waals surface area contributed by atoms with Gasteiger partial charge in [0, 0.05) is 5.92 Å². The number of hydrogen-bond acceptors (Lipinski definition) is 7. The Hall–Kier alpha value is -1.33. The van der Waals surface area contributed by atoms with Gasteiger partial charge in [-0.3, -0.25) is 14.1 Å². The van der Waals surface area contributed by atoms with Crippen molar-refractivity contribution in [2.75, 3.05) is 13.2 Å². The number of ether oxygens (including phenoxy) is 3. The van der Waals surface area contributed by atoms with Gasteiger partial charge in [0.15, 0.2) is 6.61 Å². The number of carbonyl (C=O) groups is 2. The molecule has 5 atom stereocenters. The molecule has 0 amide bonds. The zero-order valence-corrected chi connectivity index (χ0v) is 11.8. The molecule has 2 bridgehead atoms. The zero-order valence-electron chi connectivity index (χ0n) is 11.0. The van der Waals surface area contributed by atoms with Crippen LogP contribution in [0.5, 0.6) is 0 Å². The second kappa shape index (κ2) is 4.83. The van der Waals surface area contributed by atoms with Gasteiger partial charge in [0.2, 0.25) is 0 Å². The van der Waals surface area contributed by atoms with Crippen molar-refractivity contribution in [1.82, 2.24) is 0 Å². The van der Waals surface area contributed by atoms with Gasteiger partial charge in [0.1, 0.15) is 0 Å². The molecule has 3 aliphatic rings. The molecule has 124 valence electrons. The van der Waals surface area contributed by atoms with Gasteiger partial charge in [-0.1, -0.05) is 0 Å². The van der Waals surface area contributed by atoms with Crippen molar-refractivity contribution < 1.29 is 45.6 Å². The van der Waals surface area contributed by atoms with Crippen molar-refractivity contribution in [3.63, 3.8) is 0 Å². The normalized spacial score (nSPS) is 37.0. The highest BCUT2D eigenvalue weighted by molar-refractivity contribution is 7.86. The van der Waals surface area contributed by atoms with Gasteiger partial charge in [-0.05, 0) is 6.42 Å². The van der Waals surface area contributed by atoms with E-state index in [4.69, 9.17) is 14.0 Å². The molecule has 0 aliphatic carbocycles. The number of alkyl halides is 2. The number of halogens is 2. The number of cyclic esters (lactones) is 1. The number of rotatable bonds is 4. The Morgan fingerprint density at radius 3 is 2.77 bits per heavy atom. The molecular weight excluding hydrogens is 330 g/mol. The molecule has 0 radical (unpaired) electrons. The summed E-state index contributed by atoms with van der Waals surface area (Å²) in [6, 6.07) is 0. The largest absolute Gasteiger partial charge is 0.465 e. The van der Waals surface area contributed by atoms with Crippen LogP contribution in [0.2, 0.25) is 0 Å². The second-order valence-electron chi connectivity index (χ2n) is 5.52. The van der Waals surface area contributed by atoms with Crippen molar-refractivity contribution >= 4 is 22.1 Å². The summed E-state index contributed by atoms with van der Waals surface area (Å²) in [4.78, 5) is 23.4. The van der Waals surface area contributed by atoms with E-state index in [1.165, 1.54) is 0 Å². The third kappa shape index (κ3) is 2.27. The van der Waals surface area contributed by atoms with Gasteiger partial charge < -0.3 is 14.2 Å². The number of hydrogen-bond donors (Lipinski definition) is 1. The molecule has 3 heterocycles. The van der Waals surface area contributed by atoms with Crippen LogP contribution in [0.4, 0.5) is 8.78 Å². The minimum absolute atomic E-state index is 0.152. The quantitative estimate of drug-likeness (QED) is 0.541. The van der Waals surface area contributed by atoms with E-state index in [2.05, 4.69) is 4.74 Å². The van der Waals surface area contributed by atoms with E-state index in [0.29, 0.717) is 0 Å². The van der Waals surface area contributed by atoms with Crippen LogP contribution in [0.25, 0.3) is 0 Å². The van der Waals surface area contributed by atoms with E-state index in [-0.39, 0.29) is 25.0 Å². The highest BCUT2D eigenvalue weighted by Crippen LogP contribution is 2.50.